The quantitative estimate of drug-likeness (QED) is 0.795. The Labute approximate surface area is 99.3 Å². The molecule has 2 aromatic rings. The first-order chi connectivity index (χ1) is 8.26. The zero-order valence-electron chi connectivity index (χ0n) is 9.63. The van der Waals surface area contributed by atoms with Crippen LogP contribution < -0.4 is 5.73 Å². The minimum atomic E-state index is -0.0542. The van der Waals surface area contributed by atoms with E-state index < -0.39 is 0 Å². The zero-order valence-corrected chi connectivity index (χ0v) is 9.63. The van der Waals surface area contributed by atoms with Crippen molar-refractivity contribution < 1.29 is 4.79 Å². The highest BCUT2D eigenvalue weighted by Crippen LogP contribution is 2.10. The summed E-state index contributed by atoms with van der Waals surface area (Å²) in [6.07, 6.45) is 3.23. The smallest absolute Gasteiger partial charge is 0.211 e. The average Bonchev–Trinajstić information content (AvgIpc) is 2.86. The molecule has 5 heteroatoms. The average molecular weight is 230 g/mol. The van der Waals surface area contributed by atoms with Crippen LogP contribution in [-0.2, 0) is 13.1 Å². The first kappa shape index (κ1) is 11.5. The van der Waals surface area contributed by atoms with Gasteiger partial charge >= 0.3 is 0 Å². The molecule has 0 aliphatic carbocycles. The second kappa shape index (κ2) is 4.88. The summed E-state index contributed by atoms with van der Waals surface area (Å²) in [7, 11) is 0. The number of aromatic nitrogens is 3. The van der Waals surface area contributed by atoms with Crippen LogP contribution in [0.1, 0.15) is 28.7 Å². The Hall–Kier alpha value is -2.01. The van der Waals surface area contributed by atoms with Crippen molar-refractivity contribution in [3.05, 3.63) is 47.5 Å². The highest BCUT2D eigenvalue weighted by atomic mass is 16.1. The monoisotopic (exact) mass is 230 g/mol. The number of pyridine rings is 1. The standard InChI is InChI=1S/C12H14N4O/c1-2-16-11(4-6-15-16)12(17)9-3-5-14-10(7-9)8-13/h3-7H,2,8,13H2,1H3. The Bertz CT molecular complexity index is 533. The Kier molecular flexibility index (Phi) is 3.30. The van der Waals surface area contributed by atoms with E-state index in [1.807, 2.05) is 6.92 Å². The van der Waals surface area contributed by atoms with Gasteiger partial charge in [0.05, 0.1) is 5.69 Å². The van der Waals surface area contributed by atoms with Crippen LogP contribution in [-0.4, -0.2) is 20.5 Å². The molecule has 0 saturated heterocycles. The molecule has 2 aromatic heterocycles. The Morgan fingerprint density at radius 1 is 1.41 bits per heavy atom. The van der Waals surface area contributed by atoms with Crippen LogP contribution in [0.3, 0.4) is 0 Å². The largest absolute Gasteiger partial charge is 0.325 e. The van der Waals surface area contributed by atoms with E-state index in [0.29, 0.717) is 30.0 Å². The number of rotatable bonds is 4. The molecule has 17 heavy (non-hydrogen) atoms. The lowest BCUT2D eigenvalue weighted by molar-refractivity contribution is 0.102. The first-order valence-corrected chi connectivity index (χ1v) is 5.47. The van der Waals surface area contributed by atoms with Crippen molar-refractivity contribution in [1.29, 1.82) is 0 Å². The van der Waals surface area contributed by atoms with Gasteiger partial charge in [-0.25, -0.2) is 0 Å². The van der Waals surface area contributed by atoms with E-state index in [0.717, 1.165) is 0 Å². The van der Waals surface area contributed by atoms with Crippen molar-refractivity contribution in [2.24, 2.45) is 5.73 Å². The van der Waals surface area contributed by atoms with Crippen molar-refractivity contribution in [3.63, 3.8) is 0 Å². The van der Waals surface area contributed by atoms with E-state index >= 15 is 0 Å². The number of nitrogens with zero attached hydrogens (tertiary/aromatic N) is 3. The highest BCUT2D eigenvalue weighted by Gasteiger charge is 2.13. The maximum Gasteiger partial charge on any atom is 0.211 e. The van der Waals surface area contributed by atoms with Gasteiger partial charge in [0, 0.05) is 31.0 Å². The predicted molar refractivity (Wildman–Crippen MR) is 63.5 cm³/mol. The Balaban J connectivity index is 2.36. The molecular weight excluding hydrogens is 216 g/mol. The predicted octanol–water partition coefficient (Wildman–Crippen LogP) is 0.988. The first-order valence-electron chi connectivity index (χ1n) is 5.47. The van der Waals surface area contributed by atoms with Gasteiger partial charge in [0.1, 0.15) is 5.69 Å². The van der Waals surface area contributed by atoms with Crippen molar-refractivity contribution >= 4 is 5.78 Å². The fraction of sp³-hybridized carbons (Fsp3) is 0.250. The highest BCUT2D eigenvalue weighted by molar-refractivity contribution is 6.07. The lowest BCUT2D eigenvalue weighted by Crippen LogP contribution is -2.11. The van der Waals surface area contributed by atoms with E-state index in [-0.39, 0.29) is 5.78 Å². The zero-order chi connectivity index (χ0) is 12.3. The molecular formula is C12H14N4O. The minimum Gasteiger partial charge on any atom is -0.325 e. The van der Waals surface area contributed by atoms with E-state index in [1.54, 1.807) is 35.3 Å². The van der Waals surface area contributed by atoms with Crippen LogP contribution in [0.25, 0.3) is 0 Å². The van der Waals surface area contributed by atoms with Crippen LogP contribution in [0, 0.1) is 0 Å². The van der Waals surface area contributed by atoms with Gasteiger partial charge in [-0.2, -0.15) is 5.10 Å². The summed E-state index contributed by atoms with van der Waals surface area (Å²) in [5.41, 5.74) is 7.39. The number of aryl methyl sites for hydroxylation is 1. The van der Waals surface area contributed by atoms with E-state index in [1.165, 1.54) is 0 Å². The molecule has 0 amide bonds. The molecule has 0 unspecified atom stereocenters. The van der Waals surface area contributed by atoms with Gasteiger partial charge in [0.2, 0.25) is 5.78 Å². The third-order valence-corrected chi connectivity index (χ3v) is 2.54. The number of nitrogens with two attached hydrogens (primary N) is 1. The van der Waals surface area contributed by atoms with Crippen molar-refractivity contribution in [3.8, 4) is 0 Å². The number of carbonyl (C=O) groups excluding carboxylic acids is 1. The molecule has 0 aliphatic rings. The van der Waals surface area contributed by atoms with Gasteiger partial charge in [-0.3, -0.25) is 14.5 Å². The maximum absolute atomic E-state index is 12.2. The van der Waals surface area contributed by atoms with Crippen LogP contribution >= 0.6 is 0 Å². The summed E-state index contributed by atoms with van der Waals surface area (Å²) in [6, 6.07) is 5.12. The molecule has 5 nitrogen and oxygen atoms in total. The summed E-state index contributed by atoms with van der Waals surface area (Å²) in [6.45, 7) is 2.94. The third kappa shape index (κ3) is 2.24. The molecule has 0 fully saturated rings. The molecule has 0 aliphatic heterocycles. The number of hydrogen-bond acceptors (Lipinski definition) is 4. The number of carbonyl (C=O) groups is 1. The molecule has 0 radical (unpaired) electrons. The van der Waals surface area contributed by atoms with E-state index in [4.69, 9.17) is 5.73 Å². The van der Waals surface area contributed by atoms with Crippen molar-refractivity contribution in [2.75, 3.05) is 0 Å². The third-order valence-electron chi connectivity index (χ3n) is 2.54. The summed E-state index contributed by atoms with van der Waals surface area (Å²) >= 11 is 0. The normalized spacial score (nSPS) is 10.5. The molecule has 2 N–H and O–H groups in total. The number of ketones is 1. The molecule has 2 heterocycles. The Morgan fingerprint density at radius 2 is 2.24 bits per heavy atom. The Morgan fingerprint density at radius 3 is 2.94 bits per heavy atom. The summed E-state index contributed by atoms with van der Waals surface area (Å²) in [4.78, 5) is 16.3. The van der Waals surface area contributed by atoms with Crippen molar-refractivity contribution in [2.45, 2.75) is 20.0 Å². The van der Waals surface area contributed by atoms with Gasteiger partial charge in [-0.05, 0) is 25.1 Å². The summed E-state index contributed by atoms with van der Waals surface area (Å²) in [5.74, 6) is -0.0542. The van der Waals surface area contributed by atoms with Gasteiger partial charge < -0.3 is 5.73 Å². The maximum atomic E-state index is 12.2. The topological polar surface area (TPSA) is 73.8 Å². The fourth-order valence-electron chi connectivity index (χ4n) is 1.66. The van der Waals surface area contributed by atoms with Gasteiger partial charge in [0.15, 0.2) is 0 Å². The molecule has 0 aromatic carbocycles. The second-order valence-corrected chi connectivity index (χ2v) is 3.60. The molecule has 0 spiro atoms. The van der Waals surface area contributed by atoms with Gasteiger partial charge in [0.25, 0.3) is 0 Å². The van der Waals surface area contributed by atoms with Gasteiger partial charge in [-0.15, -0.1) is 0 Å². The van der Waals surface area contributed by atoms with Crippen LogP contribution in [0.15, 0.2) is 30.6 Å². The van der Waals surface area contributed by atoms with Gasteiger partial charge in [-0.1, -0.05) is 0 Å². The molecule has 0 saturated carbocycles. The summed E-state index contributed by atoms with van der Waals surface area (Å²) < 4.78 is 1.67. The van der Waals surface area contributed by atoms with Crippen molar-refractivity contribution in [1.82, 2.24) is 14.8 Å². The lowest BCUT2D eigenvalue weighted by Gasteiger charge is -2.04. The summed E-state index contributed by atoms with van der Waals surface area (Å²) in [5, 5.41) is 4.08. The second-order valence-electron chi connectivity index (χ2n) is 3.60. The molecule has 2 rings (SSSR count). The van der Waals surface area contributed by atoms with E-state index in [9.17, 15) is 4.79 Å². The lowest BCUT2D eigenvalue weighted by atomic mass is 10.1. The van der Waals surface area contributed by atoms with Crippen LogP contribution in [0.5, 0.6) is 0 Å². The SMILES string of the molecule is CCn1nccc1C(=O)c1ccnc(CN)c1. The number of hydrogen-bond donors (Lipinski definition) is 1. The fourth-order valence-corrected chi connectivity index (χ4v) is 1.66. The molecule has 88 valence electrons. The minimum absolute atomic E-state index is 0.0542. The van der Waals surface area contributed by atoms with E-state index in [2.05, 4.69) is 10.1 Å². The van der Waals surface area contributed by atoms with Crippen LogP contribution in [0.2, 0.25) is 0 Å². The molecule has 0 atom stereocenters. The molecule has 0 bridgehead atoms. The van der Waals surface area contributed by atoms with Crippen LogP contribution in [0.4, 0.5) is 0 Å².